The molecule has 0 aliphatic heterocycles. The predicted octanol–water partition coefficient (Wildman–Crippen LogP) is 3.95. The van der Waals surface area contributed by atoms with Gasteiger partial charge in [0, 0.05) is 24.9 Å². The molecule has 31 heavy (non-hydrogen) atoms. The average Bonchev–Trinajstić information content (AvgIpc) is 3.22. The van der Waals surface area contributed by atoms with E-state index >= 15 is 0 Å². The summed E-state index contributed by atoms with van der Waals surface area (Å²) in [6.45, 7) is -0.546. The van der Waals surface area contributed by atoms with Crippen molar-refractivity contribution < 1.29 is 27.5 Å². The van der Waals surface area contributed by atoms with Crippen LogP contribution in [-0.2, 0) is 17.6 Å². The van der Waals surface area contributed by atoms with Crippen molar-refractivity contribution in [2.24, 2.45) is 0 Å². The third-order valence-electron chi connectivity index (χ3n) is 4.51. The number of aromatic nitrogens is 2. The van der Waals surface area contributed by atoms with Crippen molar-refractivity contribution in [2.45, 2.75) is 32.8 Å². The Morgan fingerprint density at radius 2 is 1.87 bits per heavy atom. The lowest BCUT2D eigenvalue weighted by atomic mass is 10.1. The van der Waals surface area contributed by atoms with Crippen molar-refractivity contribution in [2.75, 3.05) is 13.7 Å². The highest BCUT2D eigenvalue weighted by atomic mass is 19.3. The van der Waals surface area contributed by atoms with Crippen LogP contribution < -0.4 is 14.8 Å². The van der Waals surface area contributed by atoms with Crippen LogP contribution in [0.4, 0.5) is 8.78 Å². The van der Waals surface area contributed by atoms with Gasteiger partial charge in [0.2, 0.25) is 17.7 Å². The van der Waals surface area contributed by atoms with Crippen LogP contribution >= 0.6 is 0 Å². The van der Waals surface area contributed by atoms with E-state index in [9.17, 15) is 13.6 Å². The summed E-state index contributed by atoms with van der Waals surface area (Å²) in [7, 11) is 1.38. The molecule has 0 saturated carbocycles. The van der Waals surface area contributed by atoms with E-state index in [0.717, 1.165) is 16.7 Å². The second-order valence-corrected chi connectivity index (χ2v) is 6.83. The molecule has 7 nitrogen and oxygen atoms in total. The van der Waals surface area contributed by atoms with Crippen molar-refractivity contribution >= 4 is 5.91 Å². The smallest absolute Gasteiger partial charge is 0.387 e. The Balaban J connectivity index is 1.44. The summed E-state index contributed by atoms with van der Waals surface area (Å²) in [5, 5.41) is 10.8. The van der Waals surface area contributed by atoms with Gasteiger partial charge in [0.25, 0.3) is 0 Å². The number of carbonyl (C=O) groups excluding carboxylic acids is 1. The molecular formula is C22H23F2N3O4. The van der Waals surface area contributed by atoms with Gasteiger partial charge in [-0.1, -0.05) is 23.8 Å². The lowest BCUT2D eigenvalue weighted by Gasteiger charge is -2.11. The molecule has 0 aliphatic carbocycles. The van der Waals surface area contributed by atoms with Gasteiger partial charge in [-0.15, -0.1) is 10.2 Å². The van der Waals surface area contributed by atoms with Crippen LogP contribution in [0.3, 0.4) is 0 Å². The molecular weight excluding hydrogens is 408 g/mol. The molecule has 3 aromatic rings. The molecule has 9 heteroatoms. The lowest BCUT2D eigenvalue weighted by Crippen LogP contribution is -2.25. The van der Waals surface area contributed by atoms with Crippen molar-refractivity contribution in [3.05, 3.63) is 59.5 Å². The van der Waals surface area contributed by atoms with Gasteiger partial charge in [-0.05, 0) is 43.2 Å². The Bertz CT molecular complexity index is 1010. The molecule has 0 radical (unpaired) electrons. The Morgan fingerprint density at radius 3 is 2.58 bits per heavy atom. The first-order valence-corrected chi connectivity index (χ1v) is 9.72. The van der Waals surface area contributed by atoms with Crippen molar-refractivity contribution in [1.82, 2.24) is 15.5 Å². The molecule has 1 N–H and O–H groups in total. The molecule has 0 spiro atoms. The topological polar surface area (TPSA) is 86.5 Å². The number of halogens is 2. The fraction of sp³-hybridized carbons (Fsp3) is 0.318. The number of benzene rings is 2. The van der Waals surface area contributed by atoms with Gasteiger partial charge in [-0.3, -0.25) is 4.79 Å². The fourth-order valence-electron chi connectivity index (χ4n) is 2.88. The second kappa shape index (κ2) is 10.5. The van der Waals surface area contributed by atoms with E-state index in [1.807, 2.05) is 31.2 Å². The number of ether oxygens (including phenoxy) is 2. The average molecular weight is 431 g/mol. The highest BCUT2D eigenvalue weighted by Gasteiger charge is 2.12. The minimum atomic E-state index is -2.93. The predicted molar refractivity (Wildman–Crippen MR) is 109 cm³/mol. The largest absolute Gasteiger partial charge is 0.493 e. The standard InChI is InChI=1S/C22H23F2N3O4/c1-14-3-6-16(7-4-14)21-27-26-20(31-21)10-9-19(28)25-12-11-15-5-8-17(30-22(23)24)18(13-15)29-2/h3-8,13,22H,9-12H2,1-2H3,(H,25,28). The van der Waals surface area contributed by atoms with E-state index in [1.54, 1.807) is 12.1 Å². The molecule has 0 bridgehead atoms. The maximum absolute atomic E-state index is 12.4. The molecule has 1 heterocycles. The van der Waals surface area contributed by atoms with Gasteiger partial charge in [-0.25, -0.2) is 0 Å². The molecule has 1 aromatic heterocycles. The summed E-state index contributed by atoms with van der Waals surface area (Å²) in [5.74, 6) is 0.841. The molecule has 1 amide bonds. The fourth-order valence-corrected chi connectivity index (χ4v) is 2.88. The zero-order valence-corrected chi connectivity index (χ0v) is 17.2. The number of alkyl halides is 2. The minimum Gasteiger partial charge on any atom is -0.493 e. The Morgan fingerprint density at radius 1 is 1.10 bits per heavy atom. The van der Waals surface area contributed by atoms with Gasteiger partial charge in [-0.2, -0.15) is 8.78 Å². The number of carbonyl (C=O) groups is 1. The van der Waals surface area contributed by atoms with Gasteiger partial charge in [0.05, 0.1) is 7.11 Å². The third kappa shape index (κ3) is 6.50. The summed E-state index contributed by atoms with van der Waals surface area (Å²) in [6, 6.07) is 12.4. The number of nitrogens with zero attached hydrogens (tertiary/aromatic N) is 2. The highest BCUT2D eigenvalue weighted by Crippen LogP contribution is 2.29. The van der Waals surface area contributed by atoms with Gasteiger partial charge in [0.15, 0.2) is 11.5 Å². The third-order valence-corrected chi connectivity index (χ3v) is 4.51. The van der Waals surface area contributed by atoms with E-state index in [2.05, 4.69) is 20.3 Å². The Labute approximate surface area is 178 Å². The Hall–Kier alpha value is -3.49. The summed E-state index contributed by atoms with van der Waals surface area (Å²) in [6.07, 6.45) is 1.05. The zero-order valence-electron chi connectivity index (χ0n) is 17.2. The number of nitrogens with one attached hydrogen (secondary N) is 1. The summed E-state index contributed by atoms with van der Waals surface area (Å²) in [5.41, 5.74) is 2.78. The maximum Gasteiger partial charge on any atom is 0.387 e. The second-order valence-electron chi connectivity index (χ2n) is 6.83. The number of amides is 1. The van der Waals surface area contributed by atoms with E-state index in [-0.39, 0.29) is 23.8 Å². The first kappa shape index (κ1) is 22.2. The molecule has 0 unspecified atom stereocenters. The van der Waals surface area contributed by atoms with Crippen LogP contribution in [0.25, 0.3) is 11.5 Å². The number of hydrogen-bond donors (Lipinski definition) is 1. The zero-order chi connectivity index (χ0) is 22.2. The normalized spacial score (nSPS) is 10.9. The minimum absolute atomic E-state index is 0.0325. The Kier molecular flexibility index (Phi) is 7.53. The van der Waals surface area contributed by atoms with E-state index in [4.69, 9.17) is 9.15 Å². The molecule has 164 valence electrons. The number of aryl methyl sites for hydroxylation is 2. The first-order chi connectivity index (χ1) is 14.9. The lowest BCUT2D eigenvalue weighted by molar-refractivity contribution is -0.121. The molecule has 0 atom stereocenters. The first-order valence-electron chi connectivity index (χ1n) is 9.72. The molecule has 0 saturated heterocycles. The summed E-state index contributed by atoms with van der Waals surface area (Å²) in [4.78, 5) is 12.1. The molecule has 0 fully saturated rings. The summed E-state index contributed by atoms with van der Waals surface area (Å²) >= 11 is 0. The molecule has 2 aromatic carbocycles. The quantitative estimate of drug-likeness (QED) is 0.523. The van der Waals surface area contributed by atoms with Gasteiger partial charge >= 0.3 is 6.61 Å². The number of hydrogen-bond acceptors (Lipinski definition) is 6. The van der Waals surface area contributed by atoms with Crippen LogP contribution in [0.2, 0.25) is 0 Å². The maximum atomic E-state index is 12.4. The van der Waals surface area contributed by atoms with E-state index < -0.39 is 6.61 Å². The van der Waals surface area contributed by atoms with Crippen molar-refractivity contribution in [3.63, 3.8) is 0 Å². The number of rotatable bonds is 10. The summed E-state index contributed by atoms with van der Waals surface area (Å²) < 4.78 is 39.9. The van der Waals surface area contributed by atoms with E-state index in [0.29, 0.717) is 31.2 Å². The van der Waals surface area contributed by atoms with Crippen LogP contribution in [0, 0.1) is 6.92 Å². The van der Waals surface area contributed by atoms with Crippen LogP contribution in [0.5, 0.6) is 11.5 Å². The molecule has 3 rings (SSSR count). The van der Waals surface area contributed by atoms with Crippen LogP contribution in [-0.4, -0.2) is 36.4 Å². The van der Waals surface area contributed by atoms with Crippen LogP contribution in [0.1, 0.15) is 23.4 Å². The van der Waals surface area contributed by atoms with E-state index in [1.165, 1.54) is 13.2 Å². The van der Waals surface area contributed by atoms with Crippen LogP contribution in [0.15, 0.2) is 46.9 Å². The monoisotopic (exact) mass is 431 g/mol. The highest BCUT2D eigenvalue weighted by molar-refractivity contribution is 5.76. The molecule has 0 aliphatic rings. The van der Waals surface area contributed by atoms with Gasteiger partial charge < -0.3 is 19.2 Å². The SMILES string of the molecule is COc1cc(CCNC(=O)CCc2nnc(-c3ccc(C)cc3)o2)ccc1OC(F)F. The number of methoxy groups -OCH3 is 1. The van der Waals surface area contributed by atoms with Crippen molar-refractivity contribution in [1.29, 1.82) is 0 Å². The van der Waals surface area contributed by atoms with Gasteiger partial charge in [0.1, 0.15) is 0 Å². The van der Waals surface area contributed by atoms with Crippen molar-refractivity contribution in [3.8, 4) is 23.0 Å².